The number of carbonyl (C=O) groups excluding carboxylic acids is 1. The second-order valence-corrected chi connectivity index (χ2v) is 4.04. The van der Waals surface area contributed by atoms with Gasteiger partial charge < -0.3 is 4.74 Å². The first-order chi connectivity index (χ1) is 7.16. The third kappa shape index (κ3) is 2.26. The molecule has 82 valence electrons. The quantitative estimate of drug-likeness (QED) is 0.704. The number of hydrogen-bond donors (Lipinski definition) is 0. The van der Waals surface area contributed by atoms with Crippen molar-refractivity contribution in [2.75, 3.05) is 6.61 Å². The number of carbonyl (C=O) groups is 1. The maximum atomic E-state index is 11.2. The molecule has 0 saturated carbocycles. The summed E-state index contributed by atoms with van der Waals surface area (Å²) in [6, 6.07) is 1.87. The van der Waals surface area contributed by atoms with Gasteiger partial charge >= 0.3 is 0 Å². The largest absolute Gasteiger partial charge is 0.378 e. The lowest BCUT2D eigenvalue weighted by Crippen LogP contribution is -2.09. The van der Waals surface area contributed by atoms with E-state index in [2.05, 4.69) is 5.10 Å². The summed E-state index contributed by atoms with van der Waals surface area (Å²) >= 11 is 0. The standard InChI is InChI=1S/C11H16N2O2/c1-8(14)11-7-9(12-13(11)2)6-10-4-3-5-15-10/h7,10H,3-6H2,1-2H3. The number of aryl methyl sites for hydroxylation is 1. The van der Waals surface area contributed by atoms with Crippen molar-refractivity contribution in [3.63, 3.8) is 0 Å². The molecule has 0 aromatic carbocycles. The van der Waals surface area contributed by atoms with Gasteiger partial charge in [-0.1, -0.05) is 0 Å². The minimum absolute atomic E-state index is 0.0589. The molecule has 1 fully saturated rings. The van der Waals surface area contributed by atoms with Crippen LogP contribution in [0.5, 0.6) is 0 Å². The topological polar surface area (TPSA) is 44.1 Å². The molecule has 0 N–H and O–H groups in total. The van der Waals surface area contributed by atoms with E-state index in [1.54, 1.807) is 18.7 Å². The predicted octanol–water partition coefficient (Wildman–Crippen LogP) is 1.34. The van der Waals surface area contributed by atoms with Crippen molar-refractivity contribution in [1.29, 1.82) is 0 Å². The highest BCUT2D eigenvalue weighted by Crippen LogP contribution is 2.17. The Morgan fingerprint density at radius 3 is 3.07 bits per heavy atom. The van der Waals surface area contributed by atoms with Crippen LogP contribution in [0.25, 0.3) is 0 Å². The van der Waals surface area contributed by atoms with Crippen molar-refractivity contribution in [1.82, 2.24) is 9.78 Å². The van der Waals surface area contributed by atoms with Gasteiger partial charge in [0.2, 0.25) is 0 Å². The molecule has 0 amide bonds. The highest BCUT2D eigenvalue weighted by Gasteiger charge is 2.18. The normalized spacial score (nSPS) is 20.8. The Labute approximate surface area is 89.2 Å². The summed E-state index contributed by atoms with van der Waals surface area (Å²) in [7, 11) is 1.80. The fraction of sp³-hybridized carbons (Fsp3) is 0.636. The van der Waals surface area contributed by atoms with Gasteiger partial charge in [-0.3, -0.25) is 9.48 Å². The van der Waals surface area contributed by atoms with Crippen molar-refractivity contribution >= 4 is 5.78 Å². The summed E-state index contributed by atoms with van der Waals surface area (Å²) in [6.07, 6.45) is 3.35. The lowest BCUT2D eigenvalue weighted by molar-refractivity contribution is 0.100. The van der Waals surface area contributed by atoms with E-state index >= 15 is 0 Å². The summed E-state index contributed by atoms with van der Waals surface area (Å²) in [4.78, 5) is 11.2. The number of nitrogens with zero attached hydrogens (tertiary/aromatic N) is 2. The molecule has 15 heavy (non-hydrogen) atoms. The monoisotopic (exact) mass is 208 g/mol. The smallest absolute Gasteiger partial charge is 0.177 e. The van der Waals surface area contributed by atoms with Gasteiger partial charge in [-0.25, -0.2) is 0 Å². The van der Waals surface area contributed by atoms with E-state index in [1.165, 1.54) is 0 Å². The molecule has 1 aromatic rings. The van der Waals surface area contributed by atoms with Gasteiger partial charge in [0.1, 0.15) is 5.69 Å². The van der Waals surface area contributed by atoms with Crippen LogP contribution in [-0.4, -0.2) is 28.3 Å². The molecular weight excluding hydrogens is 192 g/mol. The summed E-state index contributed by atoms with van der Waals surface area (Å²) in [5.74, 6) is 0.0589. The fourth-order valence-electron chi connectivity index (χ4n) is 1.99. The van der Waals surface area contributed by atoms with E-state index in [-0.39, 0.29) is 5.78 Å². The van der Waals surface area contributed by atoms with E-state index in [4.69, 9.17) is 4.74 Å². The van der Waals surface area contributed by atoms with Crippen LogP contribution >= 0.6 is 0 Å². The molecule has 4 nitrogen and oxygen atoms in total. The Morgan fingerprint density at radius 1 is 1.73 bits per heavy atom. The molecule has 1 aliphatic heterocycles. The number of Topliss-reactive ketones (excluding diaryl/α,β-unsaturated/α-hetero) is 1. The zero-order valence-corrected chi connectivity index (χ0v) is 9.19. The van der Waals surface area contributed by atoms with Gasteiger partial charge in [0, 0.05) is 27.0 Å². The van der Waals surface area contributed by atoms with Gasteiger partial charge in [-0.05, 0) is 18.9 Å². The van der Waals surface area contributed by atoms with Crippen molar-refractivity contribution in [3.05, 3.63) is 17.5 Å². The average Bonchev–Trinajstić information content (AvgIpc) is 2.75. The number of aromatic nitrogens is 2. The van der Waals surface area contributed by atoms with Crippen LogP contribution < -0.4 is 0 Å². The Kier molecular flexibility index (Phi) is 2.86. The van der Waals surface area contributed by atoms with Crippen molar-refractivity contribution in [3.8, 4) is 0 Å². The molecule has 0 bridgehead atoms. The first kappa shape index (κ1) is 10.4. The van der Waals surface area contributed by atoms with Crippen LogP contribution in [0.2, 0.25) is 0 Å². The second kappa shape index (κ2) is 4.14. The molecule has 1 unspecified atom stereocenters. The molecule has 0 radical (unpaired) electrons. The number of ether oxygens (including phenoxy) is 1. The Balaban J connectivity index is 2.08. The van der Waals surface area contributed by atoms with E-state index in [0.29, 0.717) is 11.8 Å². The second-order valence-electron chi connectivity index (χ2n) is 4.04. The van der Waals surface area contributed by atoms with E-state index in [9.17, 15) is 4.79 Å². The summed E-state index contributed by atoms with van der Waals surface area (Å²) in [5, 5.41) is 4.31. The van der Waals surface area contributed by atoms with Crippen molar-refractivity contribution in [2.45, 2.75) is 32.3 Å². The molecule has 0 aliphatic carbocycles. The molecule has 0 spiro atoms. The third-order valence-corrected chi connectivity index (χ3v) is 2.75. The average molecular weight is 208 g/mol. The van der Waals surface area contributed by atoms with Crippen LogP contribution in [0.3, 0.4) is 0 Å². The van der Waals surface area contributed by atoms with Crippen LogP contribution in [0.1, 0.15) is 35.9 Å². The van der Waals surface area contributed by atoms with Gasteiger partial charge in [0.15, 0.2) is 5.78 Å². The van der Waals surface area contributed by atoms with Crippen LogP contribution in [0, 0.1) is 0 Å². The predicted molar refractivity (Wildman–Crippen MR) is 55.9 cm³/mol. The lowest BCUT2D eigenvalue weighted by Gasteiger charge is -2.05. The minimum atomic E-state index is 0.0589. The zero-order chi connectivity index (χ0) is 10.8. The molecule has 1 aromatic heterocycles. The molecular formula is C11H16N2O2. The van der Waals surface area contributed by atoms with Crippen LogP contribution in [-0.2, 0) is 18.2 Å². The maximum absolute atomic E-state index is 11.2. The molecule has 1 saturated heterocycles. The third-order valence-electron chi connectivity index (χ3n) is 2.75. The molecule has 2 heterocycles. The fourth-order valence-corrected chi connectivity index (χ4v) is 1.99. The maximum Gasteiger partial charge on any atom is 0.177 e. The first-order valence-corrected chi connectivity index (χ1v) is 5.32. The van der Waals surface area contributed by atoms with Crippen LogP contribution in [0.15, 0.2) is 6.07 Å². The summed E-state index contributed by atoms with van der Waals surface area (Å²) < 4.78 is 7.18. The van der Waals surface area contributed by atoms with Gasteiger partial charge in [-0.2, -0.15) is 5.10 Å². The molecule has 4 heteroatoms. The first-order valence-electron chi connectivity index (χ1n) is 5.32. The molecule has 2 rings (SSSR count). The molecule has 1 aliphatic rings. The SMILES string of the molecule is CC(=O)c1cc(CC2CCCO2)nn1C. The Morgan fingerprint density at radius 2 is 2.53 bits per heavy atom. The van der Waals surface area contributed by atoms with Crippen LogP contribution in [0.4, 0.5) is 0 Å². The minimum Gasteiger partial charge on any atom is -0.378 e. The zero-order valence-electron chi connectivity index (χ0n) is 9.19. The number of ketones is 1. The van der Waals surface area contributed by atoms with E-state index < -0.39 is 0 Å². The summed E-state index contributed by atoms with van der Waals surface area (Å²) in [5.41, 5.74) is 1.62. The van der Waals surface area contributed by atoms with Gasteiger partial charge in [-0.15, -0.1) is 0 Å². The van der Waals surface area contributed by atoms with Gasteiger partial charge in [0.05, 0.1) is 11.8 Å². The van der Waals surface area contributed by atoms with Crippen molar-refractivity contribution in [2.24, 2.45) is 7.05 Å². The van der Waals surface area contributed by atoms with Crippen molar-refractivity contribution < 1.29 is 9.53 Å². The Hall–Kier alpha value is -1.16. The highest BCUT2D eigenvalue weighted by atomic mass is 16.5. The number of hydrogen-bond acceptors (Lipinski definition) is 3. The van der Waals surface area contributed by atoms with Gasteiger partial charge in [0.25, 0.3) is 0 Å². The van der Waals surface area contributed by atoms with E-state index in [0.717, 1.165) is 31.6 Å². The molecule has 1 atom stereocenters. The summed E-state index contributed by atoms with van der Waals surface area (Å²) in [6.45, 7) is 2.42. The van der Waals surface area contributed by atoms with E-state index in [1.807, 2.05) is 6.07 Å². The Bertz CT molecular complexity index is 365. The highest BCUT2D eigenvalue weighted by molar-refractivity contribution is 5.92. The lowest BCUT2D eigenvalue weighted by atomic mass is 10.1. The number of rotatable bonds is 3.